The van der Waals surface area contributed by atoms with Crippen molar-refractivity contribution >= 4 is 38.9 Å². The van der Waals surface area contributed by atoms with Crippen LogP contribution < -0.4 is 5.32 Å². The fraction of sp³-hybridized carbons (Fsp3) is 0.357. The molecule has 1 aromatic carbocycles. The van der Waals surface area contributed by atoms with E-state index in [1.807, 2.05) is 24.4 Å². The van der Waals surface area contributed by atoms with Crippen LogP contribution in [0.15, 0.2) is 28.9 Å². The molecular weight excluding hydrogens is 344 g/mol. The van der Waals surface area contributed by atoms with Gasteiger partial charge in [-0.15, -0.1) is 11.3 Å². The van der Waals surface area contributed by atoms with Crippen LogP contribution in [0.25, 0.3) is 10.6 Å². The van der Waals surface area contributed by atoms with Crippen molar-refractivity contribution in [3.05, 3.63) is 38.8 Å². The number of benzene rings is 1. The Morgan fingerprint density at radius 1 is 1.47 bits per heavy atom. The van der Waals surface area contributed by atoms with E-state index >= 15 is 0 Å². The molecule has 1 N–H and O–H groups in total. The highest BCUT2D eigenvalue weighted by atomic mass is 79.9. The minimum atomic E-state index is 0.345. The fourth-order valence-electron chi connectivity index (χ4n) is 1.71. The van der Waals surface area contributed by atoms with Gasteiger partial charge >= 0.3 is 0 Å². The molecule has 2 nitrogen and oxygen atoms in total. The molecule has 0 fully saturated rings. The number of thiazole rings is 1. The Morgan fingerprint density at radius 2 is 2.26 bits per heavy atom. The van der Waals surface area contributed by atoms with E-state index in [0.717, 1.165) is 28.0 Å². The van der Waals surface area contributed by atoms with Crippen LogP contribution >= 0.6 is 38.9 Å². The van der Waals surface area contributed by atoms with E-state index in [1.54, 1.807) is 11.3 Å². The van der Waals surface area contributed by atoms with Crippen molar-refractivity contribution in [2.75, 3.05) is 6.54 Å². The Hall–Kier alpha value is -0.420. The van der Waals surface area contributed by atoms with Crippen LogP contribution in [0.2, 0.25) is 5.02 Å². The monoisotopic (exact) mass is 358 g/mol. The molecule has 0 aliphatic rings. The Balaban J connectivity index is 2.18. The second-order valence-electron chi connectivity index (χ2n) is 4.37. The van der Waals surface area contributed by atoms with Crippen LogP contribution in [0.3, 0.4) is 0 Å². The third-order valence-corrected chi connectivity index (χ3v) is 5.28. The molecule has 0 saturated carbocycles. The van der Waals surface area contributed by atoms with Crippen molar-refractivity contribution in [2.45, 2.75) is 26.3 Å². The maximum atomic E-state index is 6.12. The van der Waals surface area contributed by atoms with Crippen LogP contribution in [0.4, 0.5) is 0 Å². The normalized spacial score (nSPS) is 12.6. The number of aromatic nitrogens is 1. The predicted octanol–water partition coefficient (Wildman–Crippen LogP) is 5.29. The number of rotatable bonds is 5. The summed E-state index contributed by atoms with van der Waals surface area (Å²) in [7, 11) is 0. The third kappa shape index (κ3) is 3.78. The van der Waals surface area contributed by atoms with Gasteiger partial charge in [0.15, 0.2) is 0 Å². The molecule has 0 bridgehead atoms. The molecule has 0 aliphatic heterocycles. The Morgan fingerprint density at radius 3 is 2.95 bits per heavy atom. The smallest absolute Gasteiger partial charge is 0.123 e. The van der Waals surface area contributed by atoms with E-state index in [0.29, 0.717) is 11.1 Å². The molecule has 1 aromatic heterocycles. The highest BCUT2D eigenvalue weighted by Gasteiger charge is 2.11. The quantitative estimate of drug-likeness (QED) is 0.785. The standard InChI is InChI=1S/C14H16BrClN2S/c1-3-6-17-9(2)13-8-18-14(19-13)10-4-5-11(15)12(16)7-10/h4-5,7-9,17H,3,6H2,1-2H3. The summed E-state index contributed by atoms with van der Waals surface area (Å²) < 4.78 is 0.910. The van der Waals surface area contributed by atoms with Crippen molar-refractivity contribution in [2.24, 2.45) is 0 Å². The van der Waals surface area contributed by atoms with Crippen LogP contribution in [0, 0.1) is 0 Å². The van der Waals surface area contributed by atoms with Crippen LogP contribution in [-0.2, 0) is 0 Å². The molecule has 2 rings (SSSR count). The third-order valence-electron chi connectivity index (χ3n) is 2.82. The lowest BCUT2D eigenvalue weighted by molar-refractivity contribution is 0.577. The molecule has 0 radical (unpaired) electrons. The summed E-state index contributed by atoms with van der Waals surface area (Å²) >= 11 is 11.2. The summed E-state index contributed by atoms with van der Waals surface area (Å²) in [4.78, 5) is 5.74. The lowest BCUT2D eigenvalue weighted by atomic mass is 10.2. The molecule has 5 heteroatoms. The maximum Gasteiger partial charge on any atom is 0.123 e. The first-order chi connectivity index (χ1) is 9.11. The van der Waals surface area contributed by atoms with E-state index in [4.69, 9.17) is 11.6 Å². The number of hydrogen-bond acceptors (Lipinski definition) is 3. The summed E-state index contributed by atoms with van der Waals surface area (Å²) in [6, 6.07) is 6.27. The maximum absolute atomic E-state index is 6.12. The van der Waals surface area contributed by atoms with Crippen molar-refractivity contribution in [1.29, 1.82) is 0 Å². The van der Waals surface area contributed by atoms with Crippen molar-refractivity contribution in [1.82, 2.24) is 10.3 Å². The summed E-state index contributed by atoms with van der Waals surface area (Å²) in [5.74, 6) is 0. The van der Waals surface area contributed by atoms with Gasteiger partial charge in [0.1, 0.15) is 5.01 Å². The molecule has 102 valence electrons. The Labute approximate surface area is 131 Å². The molecular formula is C14H16BrClN2S. The zero-order valence-electron chi connectivity index (χ0n) is 10.9. The SMILES string of the molecule is CCCNC(C)c1cnc(-c2ccc(Br)c(Cl)c2)s1. The second-order valence-corrected chi connectivity index (χ2v) is 6.70. The largest absolute Gasteiger partial charge is 0.309 e. The van der Waals surface area contributed by atoms with E-state index < -0.39 is 0 Å². The van der Waals surface area contributed by atoms with Crippen LogP contribution in [0.5, 0.6) is 0 Å². The fourth-order valence-corrected chi connectivity index (χ4v) is 3.08. The van der Waals surface area contributed by atoms with Gasteiger partial charge in [-0.3, -0.25) is 0 Å². The predicted molar refractivity (Wildman–Crippen MR) is 87.0 cm³/mol. The average molecular weight is 360 g/mol. The lowest BCUT2D eigenvalue weighted by Crippen LogP contribution is -2.18. The molecule has 2 aromatic rings. The van der Waals surface area contributed by atoms with Crippen LogP contribution in [-0.4, -0.2) is 11.5 Å². The zero-order chi connectivity index (χ0) is 13.8. The molecule has 1 heterocycles. The van der Waals surface area contributed by atoms with Crippen molar-refractivity contribution in [3.8, 4) is 10.6 Å². The van der Waals surface area contributed by atoms with Gasteiger partial charge in [-0.05, 0) is 48.0 Å². The molecule has 0 aliphatic carbocycles. The highest BCUT2D eigenvalue weighted by molar-refractivity contribution is 9.10. The number of halogens is 2. The van der Waals surface area contributed by atoms with E-state index in [1.165, 1.54) is 4.88 Å². The lowest BCUT2D eigenvalue weighted by Gasteiger charge is -2.09. The minimum absolute atomic E-state index is 0.345. The van der Waals surface area contributed by atoms with Gasteiger partial charge in [-0.25, -0.2) is 4.98 Å². The van der Waals surface area contributed by atoms with E-state index in [-0.39, 0.29) is 0 Å². The van der Waals surface area contributed by atoms with Gasteiger partial charge in [0.2, 0.25) is 0 Å². The highest BCUT2D eigenvalue weighted by Crippen LogP contribution is 2.32. The zero-order valence-corrected chi connectivity index (χ0v) is 14.1. The molecule has 19 heavy (non-hydrogen) atoms. The second kappa shape index (κ2) is 6.84. The van der Waals surface area contributed by atoms with E-state index in [9.17, 15) is 0 Å². The number of nitrogens with one attached hydrogen (secondary N) is 1. The van der Waals surface area contributed by atoms with Gasteiger partial charge in [0.25, 0.3) is 0 Å². The van der Waals surface area contributed by atoms with Crippen LogP contribution in [0.1, 0.15) is 31.2 Å². The molecule has 0 amide bonds. The topological polar surface area (TPSA) is 24.9 Å². The first-order valence-corrected chi connectivity index (χ1v) is 8.25. The number of hydrogen-bond donors (Lipinski definition) is 1. The molecule has 0 saturated heterocycles. The van der Waals surface area contributed by atoms with Crippen molar-refractivity contribution in [3.63, 3.8) is 0 Å². The first kappa shape index (κ1) is 15.0. The average Bonchev–Trinajstić information content (AvgIpc) is 2.89. The first-order valence-electron chi connectivity index (χ1n) is 6.26. The summed E-state index contributed by atoms with van der Waals surface area (Å²) in [6.07, 6.45) is 3.08. The number of nitrogens with zero attached hydrogens (tertiary/aromatic N) is 1. The minimum Gasteiger partial charge on any atom is -0.309 e. The Kier molecular flexibility index (Phi) is 5.39. The van der Waals surface area contributed by atoms with Gasteiger partial charge in [-0.2, -0.15) is 0 Å². The molecule has 1 unspecified atom stereocenters. The van der Waals surface area contributed by atoms with Crippen molar-refractivity contribution < 1.29 is 0 Å². The summed E-state index contributed by atoms with van der Waals surface area (Å²) in [5, 5.41) is 5.19. The molecule has 1 atom stereocenters. The van der Waals surface area contributed by atoms with E-state index in [2.05, 4.69) is 40.1 Å². The Bertz CT molecular complexity index is 556. The van der Waals surface area contributed by atoms with Gasteiger partial charge < -0.3 is 5.32 Å². The van der Waals surface area contributed by atoms with Gasteiger partial charge in [-0.1, -0.05) is 24.6 Å². The molecule has 0 spiro atoms. The summed E-state index contributed by atoms with van der Waals surface area (Å²) in [6.45, 7) is 5.36. The van der Waals surface area contributed by atoms with Gasteiger partial charge in [0.05, 0.1) is 5.02 Å². The summed E-state index contributed by atoms with van der Waals surface area (Å²) in [5.41, 5.74) is 1.06. The van der Waals surface area contributed by atoms with Gasteiger partial charge in [0, 0.05) is 27.2 Å².